The molecule has 0 fully saturated rings. The zero-order chi connectivity index (χ0) is 18.6. The van der Waals surface area contributed by atoms with E-state index in [1.165, 1.54) is 6.21 Å². The van der Waals surface area contributed by atoms with Crippen molar-refractivity contribution in [2.45, 2.75) is 12.6 Å². The van der Waals surface area contributed by atoms with Gasteiger partial charge < -0.3 is 4.42 Å². The molecule has 2 aromatic rings. The molecule has 0 aliphatic carbocycles. The number of furan rings is 1. The SMILES string of the molecule is O=C(Cc1ccc(C(F)(F)F)cc1[N+](=O)[O-])N/N=C\c1ccc(I)o1. The second-order valence-corrected chi connectivity index (χ2v) is 5.77. The van der Waals surface area contributed by atoms with E-state index in [1.807, 2.05) is 22.6 Å². The number of nitrogens with zero attached hydrogens (tertiary/aromatic N) is 2. The molecule has 0 atom stereocenters. The van der Waals surface area contributed by atoms with Crippen molar-refractivity contribution in [3.05, 3.63) is 61.1 Å². The lowest BCUT2D eigenvalue weighted by Gasteiger charge is -2.08. The smallest absolute Gasteiger partial charge is 0.416 e. The molecule has 1 aromatic heterocycles. The second kappa shape index (κ2) is 7.63. The van der Waals surface area contributed by atoms with E-state index in [0.717, 1.165) is 6.07 Å². The van der Waals surface area contributed by atoms with Crippen LogP contribution in [0, 0.1) is 13.9 Å². The van der Waals surface area contributed by atoms with Crippen LogP contribution in [0.3, 0.4) is 0 Å². The predicted molar refractivity (Wildman–Crippen MR) is 89.0 cm³/mol. The highest BCUT2D eigenvalue weighted by atomic mass is 127. The minimum atomic E-state index is -4.71. The van der Waals surface area contributed by atoms with Crippen molar-refractivity contribution in [3.63, 3.8) is 0 Å². The Labute approximate surface area is 152 Å². The summed E-state index contributed by atoms with van der Waals surface area (Å²) in [6.07, 6.45) is -3.99. The van der Waals surface area contributed by atoms with E-state index in [9.17, 15) is 28.1 Å². The van der Waals surface area contributed by atoms with Gasteiger partial charge in [0.2, 0.25) is 5.91 Å². The molecule has 0 spiro atoms. The van der Waals surface area contributed by atoms with Gasteiger partial charge in [0, 0.05) is 11.6 Å². The summed E-state index contributed by atoms with van der Waals surface area (Å²) < 4.78 is 43.7. The van der Waals surface area contributed by atoms with Crippen molar-refractivity contribution >= 4 is 40.4 Å². The minimum absolute atomic E-state index is 0.154. The zero-order valence-corrected chi connectivity index (χ0v) is 14.4. The minimum Gasteiger partial charge on any atom is -0.449 e. The van der Waals surface area contributed by atoms with Crippen LogP contribution in [0.5, 0.6) is 0 Å². The van der Waals surface area contributed by atoms with Gasteiger partial charge in [0.15, 0.2) is 3.77 Å². The quantitative estimate of drug-likeness (QED) is 0.315. The van der Waals surface area contributed by atoms with Crippen LogP contribution in [0.4, 0.5) is 18.9 Å². The van der Waals surface area contributed by atoms with E-state index < -0.39 is 34.7 Å². The normalized spacial score (nSPS) is 11.7. The summed E-state index contributed by atoms with van der Waals surface area (Å²) in [5, 5.41) is 14.6. The molecule has 25 heavy (non-hydrogen) atoms. The van der Waals surface area contributed by atoms with Crippen LogP contribution in [0.1, 0.15) is 16.9 Å². The Bertz CT molecular complexity index is 833. The number of halogens is 4. The van der Waals surface area contributed by atoms with Crippen LogP contribution in [0.15, 0.2) is 39.9 Å². The average molecular weight is 467 g/mol. The fraction of sp³-hybridized carbons (Fsp3) is 0.143. The molecule has 7 nitrogen and oxygen atoms in total. The van der Waals surface area contributed by atoms with E-state index in [2.05, 4.69) is 10.5 Å². The number of benzene rings is 1. The Morgan fingerprint density at radius 3 is 2.64 bits per heavy atom. The molecule has 0 bridgehead atoms. The van der Waals surface area contributed by atoms with Crippen molar-refractivity contribution in [1.82, 2.24) is 5.43 Å². The topological polar surface area (TPSA) is 97.7 Å². The molecule has 1 aromatic carbocycles. The number of hydrogen-bond acceptors (Lipinski definition) is 5. The van der Waals surface area contributed by atoms with Crippen LogP contribution in [0.25, 0.3) is 0 Å². The molecule has 11 heteroatoms. The van der Waals surface area contributed by atoms with E-state index >= 15 is 0 Å². The molecule has 0 radical (unpaired) electrons. The van der Waals surface area contributed by atoms with Crippen LogP contribution in [0.2, 0.25) is 0 Å². The number of amides is 1. The fourth-order valence-corrected chi connectivity index (χ4v) is 2.27. The Balaban J connectivity index is 2.09. The third-order valence-corrected chi connectivity index (χ3v) is 3.52. The number of nitrogens with one attached hydrogen (secondary N) is 1. The molecule has 0 aliphatic heterocycles. The first-order valence-electron chi connectivity index (χ1n) is 6.58. The third kappa shape index (κ3) is 5.27. The lowest BCUT2D eigenvalue weighted by molar-refractivity contribution is -0.385. The number of carbonyl (C=O) groups is 1. The van der Waals surface area contributed by atoms with Crippen molar-refractivity contribution in [3.8, 4) is 0 Å². The van der Waals surface area contributed by atoms with Crippen LogP contribution in [-0.4, -0.2) is 17.0 Å². The van der Waals surface area contributed by atoms with Gasteiger partial charge >= 0.3 is 6.18 Å². The number of nitro groups is 1. The van der Waals surface area contributed by atoms with Gasteiger partial charge in [-0.25, -0.2) is 5.43 Å². The van der Waals surface area contributed by atoms with E-state index in [1.54, 1.807) is 12.1 Å². The summed E-state index contributed by atoms with van der Waals surface area (Å²) in [4.78, 5) is 21.7. The molecule has 1 N–H and O–H groups in total. The average Bonchev–Trinajstić information content (AvgIpc) is 2.91. The summed E-state index contributed by atoms with van der Waals surface area (Å²) in [6.45, 7) is 0. The number of alkyl halides is 3. The number of hydrazone groups is 1. The molecular formula is C14H9F3IN3O4. The zero-order valence-electron chi connectivity index (χ0n) is 12.2. The molecule has 0 unspecified atom stereocenters. The predicted octanol–water partition coefficient (Wildman–Crippen LogP) is 3.50. The molecule has 0 saturated carbocycles. The molecular weight excluding hydrogens is 458 g/mol. The summed E-state index contributed by atoms with van der Waals surface area (Å²) in [6, 6.07) is 5.27. The second-order valence-electron chi connectivity index (χ2n) is 4.71. The molecule has 0 aliphatic rings. The fourth-order valence-electron chi connectivity index (χ4n) is 1.84. The van der Waals surface area contributed by atoms with Crippen LogP contribution >= 0.6 is 22.6 Å². The Kier molecular flexibility index (Phi) is 5.77. The molecule has 2 rings (SSSR count). The van der Waals surface area contributed by atoms with Gasteiger partial charge in [-0.2, -0.15) is 18.3 Å². The van der Waals surface area contributed by atoms with Gasteiger partial charge in [0.25, 0.3) is 5.69 Å². The molecule has 1 heterocycles. The van der Waals surface area contributed by atoms with Crippen LogP contribution < -0.4 is 5.43 Å². The number of nitro benzene ring substituents is 1. The first kappa shape index (κ1) is 18.9. The standard InChI is InChI=1S/C14H9F3IN3O4/c15-14(16,17)9-2-1-8(11(6-9)21(23)24)5-13(22)20-19-7-10-3-4-12(18)25-10/h1-4,6-7H,5H2,(H,20,22)/b19-7-. The summed E-state index contributed by atoms with van der Waals surface area (Å²) in [7, 11) is 0. The maximum atomic E-state index is 12.6. The highest BCUT2D eigenvalue weighted by Crippen LogP contribution is 2.33. The Morgan fingerprint density at radius 2 is 2.08 bits per heavy atom. The summed E-state index contributed by atoms with van der Waals surface area (Å²) >= 11 is 1.94. The maximum Gasteiger partial charge on any atom is 0.416 e. The van der Waals surface area contributed by atoms with Gasteiger partial charge in [0.05, 0.1) is 23.1 Å². The largest absolute Gasteiger partial charge is 0.449 e. The molecule has 0 saturated heterocycles. The van der Waals surface area contributed by atoms with Gasteiger partial charge in [-0.05, 0) is 40.8 Å². The van der Waals surface area contributed by atoms with Gasteiger partial charge in [0.1, 0.15) is 5.76 Å². The summed E-state index contributed by atoms with van der Waals surface area (Å²) in [5.41, 5.74) is 0.0274. The first-order chi connectivity index (χ1) is 11.7. The number of carbonyl (C=O) groups excluding carboxylic acids is 1. The van der Waals surface area contributed by atoms with Gasteiger partial charge in [-0.3, -0.25) is 14.9 Å². The monoisotopic (exact) mass is 467 g/mol. The maximum absolute atomic E-state index is 12.6. The van der Waals surface area contributed by atoms with E-state index in [4.69, 9.17) is 4.42 Å². The molecule has 1 amide bonds. The Hall–Kier alpha value is -2.44. The summed E-state index contributed by atoms with van der Waals surface area (Å²) in [5.74, 6) is -0.342. The van der Waals surface area contributed by atoms with Crippen LogP contribution in [-0.2, 0) is 17.4 Å². The third-order valence-electron chi connectivity index (χ3n) is 2.94. The van der Waals surface area contributed by atoms with Crippen molar-refractivity contribution < 1.29 is 27.3 Å². The van der Waals surface area contributed by atoms with Crippen molar-refractivity contribution in [2.75, 3.05) is 0 Å². The lowest BCUT2D eigenvalue weighted by atomic mass is 10.1. The van der Waals surface area contributed by atoms with E-state index in [-0.39, 0.29) is 5.56 Å². The number of hydrogen-bond donors (Lipinski definition) is 1. The first-order valence-corrected chi connectivity index (χ1v) is 7.66. The number of rotatable bonds is 5. The molecule has 132 valence electrons. The van der Waals surface area contributed by atoms with Crippen molar-refractivity contribution in [2.24, 2.45) is 5.10 Å². The van der Waals surface area contributed by atoms with Gasteiger partial charge in [-0.15, -0.1) is 0 Å². The Morgan fingerprint density at radius 1 is 1.36 bits per heavy atom. The van der Waals surface area contributed by atoms with E-state index in [0.29, 0.717) is 21.7 Å². The highest BCUT2D eigenvalue weighted by Gasteiger charge is 2.33. The lowest BCUT2D eigenvalue weighted by Crippen LogP contribution is -2.20. The highest BCUT2D eigenvalue weighted by molar-refractivity contribution is 14.1. The van der Waals surface area contributed by atoms with Crippen molar-refractivity contribution in [1.29, 1.82) is 0 Å². The van der Waals surface area contributed by atoms with Gasteiger partial charge in [-0.1, -0.05) is 6.07 Å².